The third-order valence-corrected chi connectivity index (χ3v) is 3.65. The van der Waals surface area contributed by atoms with Crippen LogP contribution < -0.4 is 0 Å². The van der Waals surface area contributed by atoms with Crippen LogP contribution in [-0.2, 0) is 20.9 Å². The average Bonchev–Trinajstić information content (AvgIpc) is 3.16. The summed E-state index contributed by atoms with van der Waals surface area (Å²) in [6.07, 6.45) is 3.97. The summed E-state index contributed by atoms with van der Waals surface area (Å²) in [6, 6.07) is 5.56. The number of amides is 1. The summed E-state index contributed by atoms with van der Waals surface area (Å²) in [4.78, 5) is 27.1. The Labute approximate surface area is 123 Å². The second-order valence-electron chi connectivity index (χ2n) is 4.27. The molecule has 1 aliphatic heterocycles. The molecule has 7 heteroatoms. The van der Waals surface area contributed by atoms with E-state index in [4.69, 9.17) is 9.26 Å². The molecule has 3 heterocycles. The fourth-order valence-corrected chi connectivity index (χ4v) is 2.40. The number of hydrogen-bond acceptors (Lipinski definition) is 6. The van der Waals surface area contributed by atoms with Crippen LogP contribution >= 0.6 is 11.3 Å². The van der Waals surface area contributed by atoms with Crippen LogP contribution in [0.1, 0.15) is 5.69 Å². The van der Waals surface area contributed by atoms with E-state index in [9.17, 15) is 9.59 Å². The maximum atomic E-state index is 11.8. The van der Waals surface area contributed by atoms with Gasteiger partial charge < -0.3 is 9.26 Å². The molecule has 1 amide bonds. The molecular formula is C14H10N2O4S. The first-order valence-electron chi connectivity index (χ1n) is 6.15. The molecule has 1 aliphatic rings. The molecule has 0 bridgehead atoms. The van der Waals surface area contributed by atoms with Gasteiger partial charge >= 0.3 is 5.97 Å². The summed E-state index contributed by atoms with van der Waals surface area (Å²) < 4.78 is 10.3. The molecule has 106 valence electrons. The lowest BCUT2D eigenvalue weighted by Gasteiger charge is -2.08. The molecule has 21 heavy (non-hydrogen) atoms. The van der Waals surface area contributed by atoms with Crippen molar-refractivity contribution in [3.63, 3.8) is 0 Å². The van der Waals surface area contributed by atoms with Gasteiger partial charge in [-0.05, 0) is 11.4 Å². The fourth-order valence-electron chi connectivity index (χ4n) is 1.73. The quantitative estimate of drug-likeness (QED) is 0.809. The molecule has 2 aromatic rings. The van der Waals surface area contributed by atoms with Gasteiger partial charge in [0.2, 0.25) is 0 Å². The first kappa shape index (κ1) is 13.4. The maximum absolute atomic E-state index is 11.8. The average molecular weight is 302 g/mol. The second-order valence-corrected chi connectivity index (χ2v) is 5.22. The number of esters is 1. The molecule has 0 saturated heterocycles. The van der Waals surface area contributed by atoms with Crippen molar-refractivity contribution in [3.8, 4) is 10.6 Å². The third kappa shape index (κ3) is 3.14. The Kier molecular flexibility index (Phi) is 3.74. The molecule has 0 aromatic carbocycles. The van der Waals surface area contributed by atoms with Gasteiger partial charge in [0.25, 0.3) is 5.91 Å². The van der Waals surface area contributed by atoms with E-state index in [1.807, 2.05) is 17.5 Å². The first-order chi connectivity index (χ1) is 10.2. The molecule has 0 radical (unpaired) electrons. The number of dihydropyridines is 1. The molecule has 1 atom stereocenters. The highest BCUT2D eigenvalue weighted by Crippen LogP contribution is 2.25. The monoisotopic (exact) mass is 302 g/mol. The van der Waals surface area contributed by atoms with E-state index in [-0.39, 0.29) is 12.5 Å². The molecule has 2 aromatic heterocycles. The van der Waals surface area contributed by atoms with Crippen LogP contribution in [0.4, 0.5) is 0 Å². The number of carbonyl (C=O) groups is 2. The molecule has 3 rings (SSSR count). The minimum atomic E-state index is -0.633. The van der Waals surface area contributed by atoms with E-state index in [1.54, 1.807) is 6.07 Å². The van der Waals surface area contributed by atoms with Gasteiger partial charge in [-0.1, -0.05) is 17.3 Å². The largest absolute Gasteiger partial charge is 0.458 e. The number of thiophene rings is 1. The van der Waals surface area contributed by atoms with E-state index < -0.39 is 11.9 Å². The Balaban J connectivity index is 1.58. The Morgan fingerprint density at radius 2 is 2.38 bits per heavy atom. The van der Waals surface area contributed by atoms with Crippen molar-refractivity contribution in [2.75, 3.05) is 0 Å². The van der Waals surface area contributed by atoms with Gasteiger partial charge in [-0.25, -0.2) is 4.99 Å². The molecule has 0 spiro atoms. The van der Waals surface area contributed by atoms with Crippen molar-refractivity contribution < 1.29 is 18.8 Å². The highest BCUT2D eigenvalue weighted by Gasteiger charge is 2.19. The van der Waals surface area contributed by atoms with Gasteiger partial charge in [-0.2, -0.15) is 0 Å². The van der Waals surface area contributed by atoms with Crippen molar-refractivity contribution in [2.45, 2.75) is 6.61 Å². The Morgan fingerprint density at radius 1 is 1.48 bits per heavy atom. The van der Waals surface area contributed by atoms with Crippen LogP contribution in [-0.4, -0.2) is 23.2 Å². The summed E-state index contributed by atoms with van der Waals surface area (Å²) in [5, 5.41) is 5.79. The standard InChI is InChI=1S/C14H10N2O4S/c17-13-4-3-9(7-15-13)14(18)19-8-10-6-11(20-16-10)12-2-1-5-21-12/h1-7,9H,8H2. The lowest BCUT2D eigenvalue weighted by molar-refractivity contribution is -0.146. The van der Waals surface area contributed by atoms with Crippen LogP contribution in [0.3, 0.4) is 0 Å². The zero-order valence-electron chi connectivity index (χ0n) is 10.8. The number of aromatic nitrogens is 1. The fraction of sp³-hybridized carbons (Fsp3) is 0.143. The molecule has 1 unspecified atom stereocenters. The number of carbonyl (C=O) groups excluding carboxylic acids is 2. The van der Waals surface area contributed by atoms with Crippen LogP contribution in [0.2, 0.25) is 0 Å². The van der Waals surface area contributed by atoms with Crippen molar-refractivity contribution in [1.29, 1.82) is 0 Å². The van der Waals surface area contributed by atoms with Crippen LogP contribution in [0.25, 0.3) is 10.6 Å². The van der Waals surface area contributed by atoms with Crippen molar-refractivity contribution in [2.24, 2.45) is 10.9 Å². The predicted octanol–water partition coefficient (Wildman–Crippen LogP) is 2.23. The number of aliphatic imine (C=N–C) groups is 1. The van der Waals surface area contributed by atoms with Crippen LogP contribution in [0.5, 0.6) is 0 Å². The SMILES string of the molecule is O=C1C=CC(C(=O)OCc2cc(-c3cccs3)on2)C=N1. The summed E-state index contributed by atoms with van der Waals surface area (Å²) in [7, 11) is 0. The van der Waals surface area contributed by atoms with E-state index in [1.165, 1.54) is 29.7 Å². The zero-order chi connectivity index (χ0) is 14.7. The van der Waals surface area contributed by atoms with E-state index in [0.29, 0.717) is 11.5 Å². The molecule has 0 aliphatic carbocycles. The number of hydrogen-bond donors (Lipinski definition) is 0. The van der Waals surface area contributed by atoms with Gasteiger partial charge in [-0.3, -0.25) is 9.59 Å². The second kappa shape index (κ2) is 5.84. The first-order valence-corrected chi connectivity index (χ1v) is 7.03. The number of ether oxygens (including phenoxy) is 1. The Bertz CT molecular complexity index is 699. The van der Waals surface area contributed by atoms with Gasteiger partial charge in [0.1, 0.15) is 18.2 Å². The highest BCUT2D eigenvalue weighted by atomic mass is 32.1. The molecular weight excluding hydrogens is 292 g/mol. The number of rotatable bonds is 4. The summed E-state index contributed by atoms with van der Waals surface area (Å²) in [6.45, 7) is 0.0137. The van der Waals surface area contributed by atoms with Crippen molar-refractivity contribution in [3.05, 3.63) is 41.4 Å². The van der Waals surface area contributed by atoms with E-state index in [0.717, 1.165) is 4.88 Å². The van der Waals surface area contributed by atoms with Gasteiger partial charge in [-0.15, -0.1) is 11.3 Å². The molecule has 0 saturated carbocycles. The molecule has 0 fully saturated rings. The van der Waals surface area contributed by atoms with Gasteiger partial charge in [0, 0.05) is 18.4 Å². The maximum Gasteiger partial charge on any atom is 0.318 e. The summed E-state index contributed by atoms with van der Waals surface area (Å²) in [5.74, 6) is -0.855. The van der Waals surface area contributed by atoms with Crippen molar-refractivity contribution >= 4 is 29.4 Å². The highest BCUT2D eigenvalue weighted by molar-refractivity contribution is 7.13. The Morgan fingerprint density at radius 3 is 3.10 bits per heavy atom. The van der Waals surface area contributed by atoms with E-state index >= 15 is 0 Å². The van der Waals surface area contributed by atoms with Gasteiger partial charge in [0.05, 0.1) is 4.88 Å². The lowest BCUT2D eigenvalue weighted by atomic mass is 10.1. The molecule has 0 N–H and O–H groups in total. The zero-order valence-corrected chi connectivity index (χ0v) is 11.6. The lowest BCUT2D eigenvalue weighted by Crippen LogP contribution is -2.19. The smallest absolute Gasteiger partial charge is 0.318 e. The van der Waals surface area contributed by atoms with E-state index in [2.05, 4.69) is 10.1 Å². The normalized spacial score (nSPS) is 17.1. The molecule has 6 nitrogen and oxygen atoms in total. The van der Waals surface area contributed by atoms with Crippen LogP contribution in [0.15, 0.2) is 45.2 Å². The summed E-state index contributed by atoms with van der Waals surface area (Å²) >= 11 is 1.54. The van der Waals surface area contributed by atoms with Crippen molar-refractivity contribution in [1.82, 2.24) is 5.16 Å². The minimum absolute atomic E-state index is 0.0137. The number of nitrogens with zero attached hydrogens (tertiary/aromatic N) is 2. The Hall–Kier alpha value is -2.54. The van der Waals surface area contributed by atoms with Gasteiger partial charge in [0.15, 0.2) is 5.76 Å². The topological polar surface area (TPSA) is 81.8 Å². The minimum Gasteiger partial charge on any atom is -0.458 e. The van der Waals surface area contributed by atoms with Crippen LogP contribution in [0, 0.1) is 5.92 Å². The third-order valence-electron chi connectivity index (χ3n) is 2.77. The summed E-state index contributed by atoms with van der Waals surface area (Å²) in [5.41, 5.74) is 0.527. The predicted molar refractivity (Wildman–Crippen MR) is 75.7 cm³/mol.